The van der Waals surface area contributed by atoms with Gasteiger partial charge in [-0.15, -0.1) is 11.3 Å². The molecular formula is C23H24N4O2S. The summed E-state index contributed by atoms with van der Waals surface area (Å²) in [6.45, 7) is 5.98. The standard InChI is InChI=1S/C23H24N4O2S/c1-14(2)22-26-23(29-27-22)16-9-6-8-15(3)21(16)25-19(28)12-7-13-20-24-17-10-4-5-11-18(17)30-20/h4-6,8-11,14H,7,12-13H2,1-3H3,(H,25,28). The maximum atomic E-state index is 12.6. The zero-order chi connectivity index (χ0) is 21.1. The first-order chi connectivity index (χ1) is 14.5. The number of aryl methyl sites for hydroxylation is 2. The van der Waals surface area contributed by atoms with Crippen LogP contribution >= 0.6 is 11.3 Å². The second-order valence-corrected chi connectivity index (χ2v) is 8.70. The number of benzene rings is 2. The van der Waals surface area contributed by atoms with Crippen LogP contribution in [0.25, 0.3) is 21.7 Å². The SMILES string of the molecule is Cc1cccc(-c2nc(C(C)C)no2)c1NC(=O)CCCc1nc2ccccc2s1. The average molecular weight is 421 g/mol. The molecule has 4 rings (SSSR count). The minimum atomic E-state index is -0.0322. The van der Waals surface area contributed by atoms with Crippen LogP contribution in [-0.4, -0.2) is 21.0 Å². The molecule has 0 aliphatic heterocycles. The Hall–Kier alpha value is -3.06. The van der Waals surface area contributed by atoms with Gasteiger partial charge in [-0.25, -0.2) is 4.98 Å². The lowest BCUT2D eigenvalue weighted by Gasteiger charge is -2.11. The molecule has 2 aromatic carbocycles. The number of rotatable bonds is 7. The third kappa shape index (κ3) is 4.41. The van der Waals surface area contributed by atoms with Gasteiger partial charge < -0.3 is 9.84 Å². The lowest BCUT2D eigenvalue weighted by Crippen LogP contribution is -2.13. The van der Waals surface area contributed by atoms with Crippen molar-refractivity contribution in [2.75, 3.05) is 5.32 Å². The van der Waals surface area contributed by atoms with Crippen LogP contribution in [0.3, 0.4) is 0 Å². The number of fused-ring (bicyclic) bond motifs is 1. The maximum Gasteiger partial charge on any atom is 0.260 e. The highest BCUT2D eigenvalue weighted by Gasteiger charge is 2.17. The van der Waals surface area contributed by atoms with Crippen molar-refractivity contribution >= 4 is 33.1 Å². The Kier molecular flexibility index (Phi) is 5.90. The summed E-state index contributed by atoms with van der Waals surface area (Å²) in [6, 6.07) is 13.9. The highest BCUT2D eigenvalue weighted by molar-refractivity contribution is 7.18. The monoisotopic (exact) mass is 420 g/mol. The highest BCUT2D eigenvalue weighted by Crippen LogP contribution is 2.31. The van der Waals surface area contributed by atoms with Gasteiger partial charge in [0.25, 0.3) is 5.89 Å². The first kappa shape index (κ1) is 20.2. The fraction of sp³-hybridized carbons (Fsp3) is 0.304. The van der Waals surface area contributed by atoms with Crippen molar-refractivity contribution in [3.8, 4) is 11.5 Å². The Morgan fingerprint density at radius 1 is 1.13 bits per heavy atom. The van der Waals surface area contributed by atoms with E-state index in [1.807, 2.05) is 57.2 Å². The maximum absolute atomic E-state index is 12.6. The molecule has 6 nitrogen and oxygen atoms in total. The fourth-order valence-electron chi connectivity index (χ4n) is 3.22. The van der Waals surface area contributed by atoms with E-state index in [0.717, 1.165) is 40.2 Å². The van der Waals surface area contributed by atoms with Crippen LogP contribution in [-0.2, 0) is 11.2 Å². The molecule has 4 aromatic rings. The van der Waals surface area contributed by atoms with Gasteiger partial charge in [0.05, 0.1) is 26.5 Å². The van der Waals surface area contributed by atoms with E-state index in [1.165, 1.54) is 4.70 Å². The molecule has 0 spiro atoms. The molecule has 0 radical (unpaired) electrons. The number of aromatic nitrogens is 3. The number of carbonyl (C=O) groups excluding carboxylic acids is 1. The zero-order valence-corrected chi connectivity index (χ0v) is 18.1. The Morgan fingerprint density at radius 2 is 1.97 bits per heavy atom. The number of thiazole rings is 1. The van der Waals surface area contributed by atoms with Gasteiger partial charge in [0.2, 0.25) is 5.91 Å². The van der Waals surface area contributed by atoms with Gasteiger partial charge in [-0.05, 0) is 43.5 Å². The van der Waals surface area contributed by atoms with Crippen LogP contribution in [0.4, 0.5) is 5.69 Å². The summed E-state index contributed by atoms with van der Waals surface area (Å²) >= 11 is 1.69. The van der Waals surface area contributed by atoms with Crippen LogP contribution in [0.2, 0.25) is 0 Å². The van der Waals surface area contributed by atoms with Gasteiger partial charge in [0.1, 0.15) is 0 Å². The molecule has 0 atom stereocenters. The van der Waals surface area contributed by atoms with Crippen LogP contribution in [0.1, 0.15) is 49.0 Å². The Balaban J connectivity index is 1.42. The molecule has 0 saturated carbocycles. The van der Waals surface area contributed by atoms with E-state index in [1.54, 1.807) is 11.3 Å². The van der Waals surface area contributed by atoms with Gasteiger partial charge in [-0.2, -0.15) is 4.98 Å². The third-order valence-electron chi connectivity index (χ3n) is 4.86. The summed E-state index contributed by atoms with van der Waals surface area (Å²) < 4.78 is 6.62. The van der Waals surface area contributed by atoms with Crippen molar-refractivity contribution in [1.29, 1.82) is 0 Å². The lowest BCUT2D eigenvalue weighted by atomic mass is 10.1. The van der Waals surface area contributed by atoms with Gasteiger partial charge >= 0.3 is 0 Å². The highest BCUT2D eigenvalue weighted by atomic mass is 32.1. The first-order valence-corrected chi connectivity index (χ1v) is 10.9. The minimum absolute atomic E-state index is 0.0322. The van der Waals surface area contributed by atoms with Gasteiger partial charge in [0, 0.05) is 12.3 Å². The van der Waals surface area contributed by atoms with Gasteiger partial charge in [-0.1, -0.05) is 43.3 Å². The number of hydrogen-bond donors (Lipinski definition) is 1. The number of amides is 1. The molecule has 0 saturated heterocycles. The molecule has 154 valence electrons. The molecular weight excluding hydrogens is 396 g/mol. The van der Waals surface area contributed by atoms with E-state index in [9.17, 15) is 4.79 Å². The summed E-state index contributed by atoms with van der Waals surface area (Å²) in [5.74, 6) is 1.22. The van der Waals surface area contributed by atoms with Crippen molar-refractivity contribution in [1.82, 2.24) is 15.1 Å². The minimum Gasteiger partial charge on any atom is -0.334 e. The molecule has 0 unspecified atom stereocenters. The Labute approximate surface area is 179 Å². The molecule has 0 aliphatic rings. The molecule has 7 heteroatoms. The third-order valence-corrected chi connectivity index (χ3v) is 5.95. The number of anilines is 1. The molecule has 2 heterocycles. The van der Waals surface area contributed by atoms with E-state index >= 15 is 0 Å². The van der Waals surface area contributed by atoms with E-state index in [-0.39, 0.29) is 11.8 Å². The van der Waals surface area contributed by atoms with Crippen molar-refractivity contribution in [3.05, 3.63) is 58.9 Å². The molecule has 1 amide bonds. The second-order valence-electron chi connectivity index (χ2n) is 7.59. The molecule has 2 aromatic heterocycles. The quantitative estimate of drug-likeness (QED) is 0.412. The predicted octanol–water partition coefficient (Wildman–Crippen LogP) is 5.74. The molecule has 0 fully saturated rings. The zero-order valence-electron chi connectivity index (χ0n) is 17.3. The fourth-order valence-corrected chi connectivity index (χ4v) is 4.23. The number of nitrogens with zero attached hydrogens (tertiary/aromatic N) is 3. The van der Waals surface area contributed by atoms with Gasteiger partial charge in [0.15, 0.2) is 5.82 Å². The largest absolute Gasteiger partial charge is 0.334 e. The summed E-state index contributed by atoms with van der Waals surface area (Å²) in [5.41, 5.74) is 3.44. The van der Waals surface area contributed by atoms with Crippen LogP contribution in [0, 0.1) is 6.92 Å². The van der Waals surface area contributed by atoms with E-state index < -0.39 is 0 Å². The number of nitrogens with one attached hydrogen (secondary N) is 1. The molecule has 0 bridgehead atoms. The van der Waals surface area contributed by atoms with Gasteiger partial charge in [-0.3, -0.25) is 4.79 Å². The van der Waals surface area contributed by atoms with E-state index in [2.05, 4.69) is 26.5 Å². The summed E-state index contributed by atoms with van der Waals surface area (Å²) in [7, 11) is 0. The summed E-state index contributed by atoms with van der Waals surface area (Å²) in [5, 5.41) is 8.15. The molecule has 30 heavy (non-hydrogen) atoms. The second kappa shape index (κ2) is 8.75. The van der Waals surface area contributed by atoms with Crippen molar-refractivity contribution in [2.24, 2.45) is 0 Å². The number of hydrogen-bond acceptors (Lipinski definition) is 6. The van der Waals surface area contributed by atoms with Crippen LogP contribution in [0.15, 0.2) is 47.0 Å². The average Bonchev–Trinajstić information content (AvgIpc) is 3.36. The smallest absolute Gasteiger partial charge is 0.260 e. The van der Waals surface area contributed by atoms with Crippen molar-refractivity contribution in [3.63, 3.8) is 0 Å². The summed E-state index contributed by atoms with van der Waals surface area (Å²) in [4.78, 5) is 21.7. The molecule has 0 aliphatic carbocycles. The topological polar surface area (TPSA) is 80.9 Å². The van der Waals surface area contributed by atoms with Crippen molar-refractivity contribution < 1.29 is 9.32 Å². The normalized spacial score (nSPS) is 11.3. The summed E-state index contributed by atoms with van der Waals surface area (Å²) in [6.07, 6.45) is 1.95. The van der Waals surface area contributed by atoms with Crippen LogP contribution < -0.4 is 5.32 Å². The van der Waals surface area contributed by atoms with Crippen LogP contribution in [0.5, 0.6) is 0 Å². The van der Waals surface area contributed by atoms with E-state index in [4.69, 9.17) is 4.52 Å². The number of carbonyl (C=O) groups is 1. The number of para-hydroxylation sites is 2. The first-order valence-electron chi connectivity index (χ1n) is 10.1. The molecule has 1 N–H and O–H groups in total. The van der Waals surface area contributed by atoms with Crippen molar-refractivity contribution in [2.45, 2.75) is 46.0 Å². The Bertz CT molecular complexity index is 1150. The predicted molar refractivity (Wildman–Crippen MR) is 120 cm³/mol. The van der Waals surface area contributed by atoms with E-state index in [0.29, 0.717) is 18.1 Å². The Morgan fingerprint density at radius 3 is 2.73 bits per heavy atom. The lowest BCUT2D eigenvalue weighted by molar-refractivity contribution is -0.116.